The minimum Gasteiger partial charge on any atom is -0.350 e. The highest BCUT2D eigenvalue weighted by atomic mass is 15.3. The summed E-state index contributed by atoms with van der Waals surface area (Å²) in [4.78, 5) is 7.26. The second-order valence-corrected chi connectivity index (χ2v) is 5.94. The second kappa shape index (κ2) is 4.49. The van der Waals surface area contributed by atoms with E-state index in [1.54, 1.807) is 0 Å². The number of benzene rings is 1. The molecule has 0 saturated carbocycles. The predicted octanol–water partition coefficient (Wildman–Crippen LogP) is 2.72. The van der Waals surface area contributed by atoms with E-state index in [2.05, 4.69) is 43.0 Å². The van der Waals surface area contributed by atoms with E-state index in [0.717, 1.165) is 24.3 Å². The Hall–Kier alpha value is -1.61. The fourth-order valence-electron chi connectivity index (χ4n) is 2.80. The molecule has 0 fully saturated rings. The van der Waals surface area contributed by atoms with Gasteiger partial charge < -0.3 is 10.6 Å². The zero-order valence-corrected chi connectivity index (χ0v) is 11.7. The van der Waals surface area contributed by atoms with Crippen LogP contribution in [0.4, 0.5) is 5.82 Å². The van der Waals surface area contributed by atoms with Gasteiger partial charge >= 0.3 is 0 Å². The van der Waals surface area contributed by atoms with Crippen LogP contribution in [-0.4, -0.2) is 23.6 Å². The average Bonchev–Trinajstić information content (AvgIpc) is 2.44. The number of pyridine rings is 1. The first-order valence-electron chi connectivity index (χ1n) is 6.98. The number of hydrogen-bond acceptors (Lipinski definition) is 3. The average molecular weight is 255 g/mol. The van der Waals surface area contributed by atoms with Crippen molar-refractivity contribution in [3.8, 4) is 0 Å². The summed E-state index contributed by atoms with van der Waals surface area (Å²) in [6.45, 7) is 6.07. The van der Waals surface area contributed by atoms with Gasteiger partial charge in [0.15, 0.2) is 0 Å². The van der Waals surface area contributed by atoms with Crippen LogP contribution in [0.5, 0.6) is 0 Å². The largest absolute Gasteiger partial charge is 0.350 e. The molecular formula is C16H21N3. The van der Waals surface area contributed by atoms with Crippen LogP contribution < -0.4 is 10.6 Å². The van der Waals surface area contributed by atoms with Crippen LogP contribution >= 0.6 is 0 Å². The van der Waals surface area contributed by atoms with Crippen molar-refractivity contribution in [1.29, 1.82) is 0 Å². The van der Waals surface area contributed by atoms with Crippen LogP contribution in [0.3, 0.4) is 0 Å². The molecule has 2 N–H and O–H groups in total. The van der Waals surface area contributed by atoms with Crippen molar-refractivity contribution in [3.05, 3.63) is 35.9 Å². The minimum atomic E-state index is -0.0371. The zero-order chi connectivity index (χ0) is 13.5. The summed E-state index contributed by atoms with van der Waals surface area (Å²) < 4.78 is 0. The molecule has 1 aromatic heterocycles. The molecule has 1 aliphatic heterocycles. The molecule has 0 amide bonds. The van der Waals surface area contributed by atoms with Crippen molar-refractivity contribution in [2.24, 2.45) is 5.73 Å². The third kappa shape index (κ3) is 2.08. The Labute approximate surface area is 114 Å². The summed E-state index contributed by atoms with van der Waals surface area (Å²) in [6, 6.07) is 10.6. The van der Waals surface area contributed by atoms with E-state index in [1.165, 1.54) is 17.4 Å². The van der Waals surface area contributed by atoms with Gasteiger partial charge in [0.1, 0.15) is 5.82 Å². The van der Waals surface area contributed by atoms with Gasteiger partial charge in [-0.15, -0.1) is 0 Å². The molecule has 19 heavy (non-hydrogen) atoms. The molecule has 1 aromatic carbocycles. The summed E-state index contributed by atoms with van der Waals surface area (Å²) in [5.41, 5.74) is 8.32. The highest BCUT2D eigenvalue weighted by molar-refractivity contribution is 5.82. The Balaban J connectivity index is 2.16. The summed E-state index contributed by atoms with van der Waals surface area (Å²) >= 11 is 0. The van der Waals surface area contributed by atoms with E-state index in [-0.39, 0.29) is 5.54 Å². The van der Waals surface area contributed by atoms with Crippen LogP contribution in [0.25, 0.3) is 10.9 Å². The molecule has 0 unspecified atom stereocenters. The monoisotopic (exact) mass is 255 g/mol. The lowest BCUT2D eigenvalue weighted by Gasteiger charge is -2.42. The van der Waals surface area contributed by atoms with Crippen molar-refractivity contribution in [2.75, 3.05) is 18.0 Å². The van der Waals surface area contributed by atoms with Crippen molar-refractivity contribution in [2.45, 2.75) is 32.2 Å². The molecule has 0 spiro atoms. The van der Waals surface area contributed by atoms with Gasteiger partial charge in [-0.1, -0.05) is 18.2 Å². The quantitative estimate of drug-likeness (QED) is 0.897. The van der Waals surface area contributed by atoms with Crippen LogP contribution in [0.1, 0.15) is 25.8 Å². The molecule has 2 heterocycles. The molecule has 1 aliphatic rings. The molecule has 3 rings (SSSR count). The van der Waals surface area contributed by atoms with Crippen molar-refractivity contribution >= 4 is 16.7 Å². The predicted molar refractivity (Wildman–Crippen MR) is 80.5 cm³/mol. The molecule has 0 atom stereocenters. The third-order valence-electron chi connectivity index (χ3n) is 4.09. The van der Waals surface area contributed by atoms with Crippen molar-refractivity contribution < 1.29 is 0 Å². The molecule has 3 nitrogen and oxygen atoms in total. The van der Waals surface area contributed by atoms with Gasteiger partial charge in [0, 0.05) is 24.0 Å². The number of aryl methyl sites for hydroxylation is 1. The molecule has 0 saturated heterocycles. The first-order chi connectivity index (χ1) is 9.12. The smallest absolute Gasteiger partial charge is 0.132 e. The summed E-state index contributed by atoms with van der Waals surface area (Å²) in [6.07, 6.45) is 2.29. The van der Waals surface area contributed by atoms with E-state index in [0.29, 0.717) is 6.54 Å². The number of fused-ring (bicyclic) bond motifs is 2. The standard InChI is InChI=1S/C16H21N3/c1-16(2,11-17)19-9-5-7-13-10-12-6-3-4-8-14(12)18-15(13)19/h3-4,6,8,10H,5,7,9,11,17H2,1-2H3. The normalized spacial score (nSPS) is 15.6. The lowest BCUT2D eigenvalue weighted by molar-refractivity contribution is 0.449. The molecule has 100 valence electrons. The molecule has 0 aliphatic carbocycles. The van der Waals surface area contributed by atoms with E-state index in [1.807, 2.05) is 6.07 Å². The minimum absolute atomic E-state index is 0.0371. The third-order valence-corrected chi connectivity index (χ3v) is 4.09. The summed E-state index contributed by atoms with van der Waals surface area (Å²) in [5, 5.41) is 1.23. The summed E-state index contributed by atoms with van der Waals surface area (Å²) in [5.74, 6) is 1.13. The van der Waals surface area contributed by atoms with Gasteiger partial charge in [-0.3, -0.25) is 0 Å². The Kier molecular flexibility index (Phi) is 2.94. The molecular weight excluding hydrogens is 234 g/mol. The SMILES string of the molecule is CC(C)(CN)N1CCCc2cc3ccccc3nc21. The number of hydrogen-bond donors (Lipinski definition) is 1. The van der Waals surface area contributed by atoms with Crippen molar-refractivity contribution in [1.82, 2.24) is 4.98 Å². The van der Waals surface area contributed by atoms with E-state index >= 15 is 0 Å². The topological polar surface area (TPSA) is 42.1 Å². The van der Waals surface area contributed by atoms with Gasteiger partial charge in [-0.2, -0.15) is 0 Å². The van der Waals surface area contributed by atoms with Crippen LogP contribution in [0, 0.1) is 0 Å². The maximum absolute atomic E-state index is 5.94. The van der Waals surface area contributed by atoms with Gasteiger partial charge in [0.2, 0.25) is 0 Å². The maximum atomic E-state index is 5.94. The molecule has 2 aromatic rings. The Morgan fingerprint density at radius 3 is 2.89 bits per heavy atom. The molecule has 0 bridgehead atoms. The highest BCUT2D eigenvalue weighted by Crippen LogP contribution is 2.32. The number of rotatable bonds is 2. The Bertz CT molecular complexity index is 604. The summed E-state index contributed by atoms with van der Waals surface area (Å²) in [7, 11) is 0. The van der Waals surface area contributed by atoms with Gasteiger partial charge in [0.25, 0.3) is 0 Å². The number of para-hydroxylation sites is 1. The van der Waals surface area contributed by atoms with Gasteiger partial charge in [-0.25, -0.2) is 4.98 Å². The number of anilines is 1. The zero-order valence-electron chi connectivity index (χ0n) is 11.7. The van der Waals surface area contributed by atoms with Gasteiger partial charge in [-0.05, 0) is 44.4 Å². The second-order valence-electron chi connectivity index (χ2n) is 5.94. The van der Waals surface area contributed by atoms with Crippen LogP contribution in [-0.2, 0) is 6.42 Å². The van der Waals surface area contributed by atoms with Crippen LogP contribution in [0.2, 0.25) is 0 Å². The first kappa shape index (κ1) is 12.4. The Morgan fingerprint density at radius 2 is 2.11 bits per heavy atom. The van der Waals surface area contributed by atoms with E-state index in [9.17, 15) is 0 Å². The lowest BCUT2D eigenvalue weighted by atomic mass is 9.96. The van der Waals surface area contributed by atoms with Crippen LogP contribution in [0.15, 0.2) is 30.3 Å². The van der Waals surface area contributed by atoms with Gasteiger partial charge in [0.05, 0.1) is 5.52 Å². The lowest BCUT2D eigenvalue weighted by Crippen LogP contribution is -2.52. The maximum Gasteiger partial charge on any atom is 0.132 e. The Morgan fingerprint density at radius 1 is 1.32 bits per heavy atom. The fourth-order valence-corrected chi connectivity index (χ4v) is 2.80. The first-order valence-corrected chi connectivity index (χ1v) is 6.98. The number of nitrogens with two attached hydrogens (primary N) is 1. The van der Waals surface area contributed by atoms with E-state index < -0.39 is 0 Å². The highest BCUT2D eigenvalue weighted by Gasteiger charge is 2.30. The number of aromatic nitrogens is 1. The van der Waals surface area contributed by atoms with Crippen molar-refractivity contribution in [3.63, 3.8) is 0 Å². The van der Waals surface area contributed by atoms with E-state index in [4.69, 9.17) is 10.7 Å². The number of nitrogens with zero attached hydrogens (tertiary/aromatic N) is 2. The fraction of sp³-hybridized carbons (Fsp3) is 0.438. The molecule has 3 heteroatoms. The molecule has 0 radical (unpaired) electrons.